The minimum absolute atomic E-state index is 0.221. The van der Waals surface area contributed by atoms with Gasteiger partial charge in [-0.05, 0) is 12.8 Å². The average molecular weight is 355 g/mol. The Kier molecular flexibility index (Phi) is 8.20. The van der Waals surface area contributed by atoms with Gasteiger partial charge in [-0.25, -0.2) is 4.39 Å². The first-order chi connectivity index (χ1) is 8.34. The van der Waals surface area contributed by atoms with E-state index in [-0.39, 0.29) is 11.9 Å². The van der Waals surface area contributed by atoms with E-state index in [1.165, 1.54) is 28.5 Å². The molecular formula is C12H14BrFO2Zn. The predicted octanol–water partition coefficient (Wildman–Crippen LogP) is 3.16. The van der Waals surface area contributed by atoms with Crippen LogP contribution in [0.5, 0.6) is 0 Å². The van der Waals surface area contributed by atoms with Crippen molar-refractivity contribution in [2.75, 3.05) is 13.2 Å². The van der Waals surface area contributed by atoms with E-state index in [2.05, 4.69) is 19.7 Å². The Hall–Kier alpha value is 0.173. The van der Waals surface area contributed by atoms with Crippen molar-refractivity contribution < 1.29 is 30.2 Å². The summed E-state index contributed by atoms with van der Waals surface area (Å²) >= 11 is 4.25. The first-order valence-corrected chi connectivity index (χ1v) is 12.4. The van der Waals surface area contributed by atoms with Gasteiger partial charge in [0, 0.05) is 19.0 Å². The van der Waals surface area contributed by atoms with Gasteiger partial charge in [0.2, 0.25) is 0 Å². The van der Waals surface area contributed by atoms with Crippen molar-refractivity contribution in [3.8, 4) is 0 Å². The van der Waals surface area contributed by atoms with Crippen LogP contribution in [0.1, 0.15) is 18.4 Å². The maximum atomic E-state index is 12.8. The molecule has 1 atom stereocenters. The van der Waals surface area contributed by atoms with Crippen LogP contribution in [0.4, 0.5) is 4.39 Å². The van der Waals surface area contributed by atoms with E-state index in [9.17, 15) is 4.39 Å². The second-order valence-electron chi connectivity index (χ2n) is 3.68. The molecule has 0 spiro atoms. The quantitative estimate of drug-likeness (QED) is 0.611. The zero-order valence-corrected chi connectivity index (χ0v) is 14.2. The average Bonchev–Trinajstić information content (AvgIpc) is 2.85. The van der Waals surface area contributed by atoms with Crippen molar-refractivity contribution in [1.29, 1.82) is 0 Å². The van der Waals surface area contributed by atoms with Crippen molar-refractivity contribution >= 4 is 13.6 Å². The predicted molar refractivity (Wildman–Crippen MR) is 62.8 cm³/mol. The topological polar surface area (TPSA) is 18.5 Å². The number of ether oxygens (including phenoxy) is 2. The van der Waals surface area contributed by atoms with Crippen LogP contribution in [0.25, 0.3) is 0 Å². The Bertz CT molecular complexity index is 319. The number of benzene rings is 1. The summed E-state index contributed by atoms with van der Waals surface area (Å²) < 4.78 is 23.6. The van der Waals surface area contributed by atoms with Gasteiger partial charge in [0.15, 0.2) is 0 Å². The molecule has 1 fully saturated rings. The van der Waals surface area contributed by atoms with Gasteiger partial charge in [-0.2, -0.15) is 12.1 Å². The van der Waals surface area contributed by atoms with Gasteiger partial charge < -0.3 is 9.47 Å². The molecule has 1 aromatic rings. The van der Waals surface area contributed by atoms with E-state index in [0.717, 1.165) is 25.0 Å². The maximum absolute atomic E-state index is 12.8. The molecule has 2 nitrogen and oxygen atoms in total. The van der Waals surface area contributed by atoms with Crippen molar-refractivity contribution in [3.63, 3.8) is 0 Å². The molecule has 0 bridgehead atoms. The fourth-order valence-corrected chi connectivity index (χ4v) is 1.64. The van der Waals surface area contributed by atoms with E-state index >= 15 is 0 Å². The fraction of sp³-hybridized carbons (Fsp3) is 0.500. The molecule has 0 amide bonds. The standard InChI is InChI=1S/C12H14FO2.BrH.Zn/c13-11-4-1-3-10(7-11)8-14-9-12-5-2-6-15-12;;/h1,4,7,12H,2,5-6,8-9H2;1H;/q-1;;+2/p-1. The van der Waals surface area contributed by atoms with Crippen LogP contribution in [0, 0.1) is 11.9 Å². The van der Waals surface area contributed by atoms with Crippen molar-refractivity contribution in [2.24, 2.45) is 0 Å². The third-order valence-electron chi connectivity index (χ3n) is 2.41. The third-order valence-corrected chi connectivity index (χ3v) is 2.41. The van der Waals surface area contributed by atoms with Crippen LogP contribution < -0.4 is 0 Å². The summed E-state index contributed by atoms with van der Waals surface area (Å²) in [6.07, 6.45) is 2.39. The molecule has 0 aromatic heterocycles. The van der Waals surface area contributed by atoms with Crippen molar-refractivity contribution in [1.82, 2.24) is 0 Å². The number of halogens is 2. The molecule has 90 valence electrons. The van der Waals surface area contributed by atoms with Crippen molar-refractivity contribution in [3.05, 3.63) is 35.6 Å². The molecule has 0 N–H and O–H groups in total. The summed E-state index contributed by atoms with van der Waals surface area (Å²) in [5.74, 6) is -0.246. The second kappa shape index (κ2) is 9.15. The second-order valence-corrected chi connectivity index (χ2v) is 3.68. The fourth-order valence-electron chi connectivity index (χ4n) is 1.64. The van der Waals surface area contributed by atoms with Gasteiger partial charge in [0.25, 0.3) is 0 Å². The molecule has 1 aliphatic rings. The minimum atomic E-state index is -0.246. The molecule has 0 aliphatic carbocycles. The molecule has 1 unspecified atom stereocenters. The van der Waals surface area contributed by atoms with Gasteiger partial charge in [0.05, 0.1) is 12.7 Å². The summed E-state index contributed by atoms with van der Waals surface area (Å²) in [7, 11) is 0. The van der Waals surface area contributed by atoms with Crippen LogP contribution in [0.3, 0.4) is 0 Å². The van der Waals surface area contributed by atoms with E-state index in [1.807, 2.05) is 0 Å². The van der Waals surface area contributed by atoms with E-state index in [1.54, 1.807) is 6.07 Å². The normalized spacial score (nSPS) is 18.7. The van der Waals surface area contributed by atoms with Gasteiger partial charge in [-0.15, -0.1) is 17.7 Å². The van der Waals surface area contributed by atoms with Crippen LogP contribution >= 0.6 is 13.6 Å². The molecular weight excluding hydrogens is 340 g/mol. The molecule has 17 heavy (non-hydrogen) atoms. The van der Waals surface area contributed by atoms with Crippen LogP contribution in [-0.2, 0) is 32.4 Å². The monoisotopic (exact) mass is 352 g/mol. The summed E-state index contributed by atoms with van der Waals surface area (Å²) in [6.45, 7) is 1.82. The Morgan fingerprint density at radius 1 is 1.59 bits per heavy atom. The van der Waals surface area contributed by atoms with E-state index in [0.29, 0.717) is 13.2 Å². The van der Waals surface area contributed by atoms with Crippen LogP contribution in [0.2, 0.25) is 0 Å². The molecule has 2 rings (SSSR count). The SMILES string of the molecule is Fc1cc[c-]c(COCC2CCCO2)c1.[Zn+][Br]. The zero-order chi connectivity index (χ0) is 12.5. The summed E-state index contributed by atoms with van der Waals surface area (Å²) in [6, 6.07) is 7.32. The van der Waals surface area contributed by atoms with Crippen molar-refractivity contribution in [2.45, 2.75) is 25.6 Å². The van der Waals surface area contributed by atoms with Crippen LogP contribution in [-0.4, -0.2) is 19.3 Å². The Balaban J connectivity index is 0.000000686. The van der Waals surface area contributed by atoms with Gasteiger partial charge >= 0.3 is 30.0 Å². The Morgan fingerprint density at radius 2 is 2.41 bits per heavy atom. The van der Waals surface area contributed by atoms with Gasteiger partial charge in [-0.1, -0.05) is 0 Å². The number of hydrogen-bond donors (Lipinski definition) is 0. The van der Waals surface area contributed by atoms with E-state index in [4.69, 9.17) is 9.47 Å². The molecule has 1 aromatic carbocycles. The summed E-state index contributed by atoms with van der Waals surface area (Å²) in [5.41, 5.74) is 0.744. The molecule has 5 heteroatoms. The first-order valence-electron chi connectivity index (χ1n) is 5.47. The Labute approximate surface area is 118 Å². The Morgan fingerprint density at radius 3 is 3.06 bits per heavy atom. The zero-order valence-electron chi connectivity index (χ0n) is 9.62. The molecule has 0 radical (unpaired) electrons. The first kappa shape index (κ1) is 15.2. The third kappa shape index (κ3) is 6.05. The number of hydrogen-bond acceptors (Lipinski definition) is 2. The number of rotatable bonds is 4. The summed E-state index contributed by atoms with van der Waals surface area (Å²) in [4.78, 5) is 0. The van der Waals surface area contributed by atoms with Gasteiger partial charge in [-0.3, -0.25) is 0 Å². The molecule has 1 heterocycles. The summed E-state index contributed by atoms with van der Waals surface area (Å²) in [5, 5.41) is 0. The van der Waals surface area contributed by atoms with E-state index < -0.39 is 0 Å². The molecule has 1 aliphatic heterocycles. The molecule has 0 saturated carbocycles. The molecule has 1 saturated heterocycles. The van der Waals surface area contributed by atoms with Crippen LogP contribution in [0.15, 0.2) is 18.2 Å². The van der Waals surface area contributed by atoms with Gasteiger partial charge in [0.1, 0.15) is 0 Å².